The van der Waals surface area contributed by atoms with Crippen LogP contribution in [0, 0.1) is 13.8 Å². The van der Waals surface area contributed by atoms with Crippen LogP contribution in [0.1, 0.15) is 28.3 Å². The summed E-state index contributed by atoms with van der Waals surface area (Å²) in [7, 11) is 1.98. The number of nitrogens with one attached hydrogen (secondary N) is 1. The summed E-state index contributed by atoms with van der Waals surface area (Å²) in [5, 5.41) is 4.13. The molecule has 1 nitrogen and oxygen atoms in total. The van der Waals surface area contributed by atoms with Gasteiger partial charge in [0.15, 0.2) is 0 Å². The molecule has 0 fully saturated rings. The highest BCUT2D eigenvalue weighted by Gasteiger charge is 2.17. The van der Waals surface area contributed by atoms with Crippen molar-refractivity contribution in [1.82, 2.24) is 5.32 Å². The van der Waals surface area contributed by atoms with Crippen LogP contribution >= 0.6 is 27.5 Å². The fraction of sp³-hybridized carbons (Fsp3) is 0.250. The van der Waals surface area contributed by atoms with E-state index in [2.05, 4.69) is 59.4 Å². The van der Waals surface area contributed by atoms with Crippen molar-refractivity contribution in [3.05, 3.63) is 68.1 Å². The molecule has 2 aromatic rings. The van der Waals surface area contributed by atoms with Gasteiger partial charge in [0.1, 0.15) is 0 Å². The first-order valence-electron chi connectivity index (χ1n) is 6.22. The molecule has 0 amide bonds. The molecule has 0 heterocycles. The lowest BCUT2D eigenvalue weighted by molar-refractivity contribution is 0.684. The van der Waals surface area contributed by atoms with Gasteiger partial charge in [0.25, 0.3) is 0 Å². The standard InChI is InChI=1S/C16H17BrClN/c1-10-4-5-11(2)14(8-10)16(19-3)13-7-6-12(18)9-15(13)17/h4-9,16,19H,1-3H3. The number of hydrogen-bond acceptors (Lipinski definition) is 1. The predicted molar refractivity (Wildman–Crippen MR) is 86.0 cm³/mol. The fourth-order valence-corrected chi connectivity index (χ4v) is 3.20. The molecular formula is C16H17BrClN. The van der Waals surface area contributed by atoms with Crippen molar-refractivity contribution < 1.29 is 0 Å². The van der Waals surface area contributed by atoms with Gasteiger partial charge in [0.2, 0.25) is 0 Å². The molecule has 19 heavy (non-hydrogen) atoms. The van der Waals surface area contributed by atoms with Crippen molar-refractivity contribution in [3.63, 3.8) is 0 Å². The zero-order valence-corrected chi connectivity index (χ0v) is 13.6. The van der Waals surface area contributed by atoms with E-state index in [0.717, 1.165) is 9.50 Å². The average molecular weight is 339 g/mol. The minimum atomic E-state index is 0.159. The molecule has 0 saturated heterocycles. The summed E-state index contributed by atoms with van der Waals surface area (Å²) in [5.41, 5.74) is 5.05. The van der Waals surface area contributed by atoms with Crippen molar-refractivity contribution in [3.8, 4) is 0 Å². The van der Waals surface area contributed by atoms with E-state index in [1.807, 2.05) is 19.2 Å². The van der Waals surface area contributed by atoms with Crippen LogP contribution in [0.25, 0.3) is 0 Å². The van der Waals surface area contributed by atoms with Crippen molar-refractivity contribution in [2.75, 3.05) is 7.05 Å². The Bertz CT molecular complexity index is 595. The van der Waals surface area contributed by atoms with Gasteiger partial charge >= 0.3 is 0 Å². The van der Waals surface area contributed by atoms with E-state index in [9.17, 15) is 0 Å². The molecular weight excluding hydrogens is 322 g/mol. The van der Waals surface area contributed by atoms with Gasteiger partial charge in [-0.1, -0.05) is 57.4 Å². The third kappa shape index (κ3) is 3.19. The van der Waals surface area contributed by atoms with Crippen LogP contribution in [-0.2, 0) is 0 Å². The van der Waals surface area contributed by atoms with E-state index in [1.165, 1.54) is 22.3 Å². The van der Waals surface area contributed by atoms with Crippen molar-refractivity contribution >= 4 is 27.5 Å². The Morgan fingerprint density at radius 1 is 1.05 bits per heavy atom. The van der Waals surface area contributed by atoms with Crippen LogP contribution in [0.2, 0.25) is 5.02 Å². The first-order valence-corrected chi connectivity index (χ1v) is 7.39. The van der Waals surface area contributed by atoms with Crippen LogP contribution in [0.3, 0.4) is 0 Å². The van der Waals surface area contributed by atoms with Crippen LogP contribution in [0.15, 0.2) is 40.9 Å². The predicted octanol–water partition coefficient (Wildman–Crippen LogP) is 5.03. The van der Waals surface area contributed by atoms with Gasteiger partial charge in [-0.25, -0.2) is 0 Å². The lowest BCUT2D eigenvalue weighted by Crippen LogP contribution is -2.19. The molecule has 0 aliphatic carbocycles. The smallest absolute Gasteiger partial charge is 0.0588 e. The summed E-state index contributed by atoms with van der Waals surface area (Å²) in [4.78, 5) is 0. The maximum absolute atomic E-state index is 6.02. The minimum absolute atomic E-state index is 0.159. The molecule has 0 bridgehead atoms. The molecule has 0 aromatic heterocycles. The molecule has 0 radical (unpaired) electrons. The second-order valence-corrected chi connectivity index (χ2v) is 6.04. The maximum atomic E-state index is 6.02. The van der Waals surface area contributed by atoms with Gasteiger partial charge in [-0.15, -0.1) is 0 Å². The van der Waals surface area contributed by atoms with Crippen molar-refractivity contribution in [2.24, 2.45) is 0 Å². The topological polar surface area (TPSA) is 12.0 Å². The molecule has 100 valence electrons. The number of rotatable bonds is 3. The number of aryl methyl sites for hydroxylation is 2. The lowest BCUT2D eigenvalue weighted by Gasteiger charge is -2.21. The van der Waals surface area contributed by atoms with Gasteiger partial charge < -0.3 is 5.32 Å². The zero-order valence-electron chi connectivity index (χ0n) is 11.3. The molecule has 1 N–H and O–H groups in total. The summed E-state index contributed by atoms with van der Waals surface area (Å²) < 4.78 is 1.03. The Kier molecular flexibility index (Phi) is 4.67. The molecule has 0 aliphatic heterocycles. The number of halogens is 2. The van der Waals surface area contributed by atoms with Gasteiger partial charge in [-0.05, 0) is 49.7 Å². The Morgan fingerprint density at radius 3 is 2.42 bits per heavy atom. The summed E-state index contributed by atoms with van der Waals surface area (Å²) in [6.07, 6.45) is 0. The highest BCUT2D eigenvalue weighted by atomic mass is 79.9. The summed E-state index contributed by atoms with van der Waals surface area (Å²) in [6.45, 7) is 4.26. The molecule has 0 saturated carbocycles. The second-order valence-electron chi connectivity index (χ2n) is 4.75. The molecule has 2 aromatic carbocycles. The molecule has 2 rings (SSSR count). The van der Waals surface area contributed by atoms with E-state index in [4.69, 9.17) is 11.6 Å². The monoisotopic (exact) mass is 337 g/mol. The van der Waals surface area contributed by atoms with E-state index in [0.29, 0.717) is 0 Å². The quantitative estimate of drug-likeness (QED) is 0.828. The minimum Gasteiger partial charge on any atom is -0.309 e. The van der Waals surface area contributed by atoms with Gasteiger partial charge in [-0.3, -0.25) is 0 Å². The molecule has 1 unspecified atom stereocenters. The summed E-state index contributed by atoms with van der Waals surface area (Å²) >= 11 is 9.62. The van der Waals surface area contributed by atoms with Gasteiger partial charge in [-0.2, -0.15) is 0 Å². The highest BCUT2D eigenvalue weighted by molar-refractivity contribution is 9.10. The molecule has 0 aliphatic rings. The fourth-order valence-electron chi connectivity index (χ4n) is 2.29. The first-order chi connectivity index (χ1) is 9.02. The first kappa shape index (κ1) is 14.6. The van der Waals surface area contributed by atoms with E-state index in [1.54, 1.807) is 0 Å². The van der Waals surface area contributed by atoms with Crippen molar-refractivity contribution in [2.45, 2.75) is 19.9 Å². The lowest BCUT2D eigenvalue weighted by atomic mass is 9.94. The zero-order chi connectivity index (χ0) is 14.0. The van der Waals surface area contributed by atoms with E-state index < -0.39 is 0 Å². The third-order valence-electron chi connectivity index (χ3n) is 3.31. The van der Waals surface area contributed by atoms with Crippen LogP contribution in [0.4, 0.5) is 0 Å². The summed E-state index contributed by atoms with van der Waals surface area (Å²) in [5.74, 6) is 0. The van der Waals surface area contributed by atoms with Crippen LogP contribution in [0.5, 0.6) is 0 Å². The Hall–Kier alpha value is -0.830. The van der Waals surface area contributed by atoms with Crippen LogP contribution < -0.4 is 5.32 Å². The SMILES string of the molecule is CNC(c1cc(C)ccc1C)c1ccc(Cl)cc1Br. The molecule has 1 atom stereocenters. The van der Waals surface area contributed by atoms with Crippen LogP contribution in [-0.4, -0.2) is 7.05 Å². The maximum Gasteiger partial charge on any atom is 0.0588 e. The van der Waals surface area contributed by atoms with Crippen molar-refractivity contribution in [1.29, 1.82) is 0 Å². The Balaban J connectivity index is 2.52. The van der Waals surface area contributed by atoms with E-state index in [-0.39, 0.29) is 6.04 Å². The largest absolute Gasteiger partial charge is 0.309 e. The normalized spacial score (nSPS) is 12.5. The molecule has 0 spiro atoms. The van der Waals surface area contributed by atoms with Gasteiger partial charge in [0.05, 0.1) is 6.04 Å². The Labute approximate surface area is 128 Å². The Morgan fingerprint density at radius 2 is 1.79 bits per heavy atom. The van der Waals surface area contributed by atoms with Gasteiger partial charge in [0, 0.05) is 9.50 Å². The number of hydrogen-bond donors (Lipinski definition) is 1. The van der Waals surface area contributed by atoms with E-state index >= 15 is 0 Å². The third-order valence-corrected chi connectivity index (χ3v) is 4.23. The summed E-state index contributed by atoms with van der Waals surface area (Å²) in [6, 6.07) is 12.6. The number of benzene rings is 2. The molecule has 3 heteroatoms. The second kappa shape index (κ2) is 6.08. The highest BCUT2D eigenvalue weighted by Crippen LogP contribution is 2.32. The average Bonchev–Trinajstić information content (AvgIpc) is 2.36.